The van der Waals surface area contributed by atoms with Gasteiger partial charge in [0.05, 0.1) is 6.61 Å². The Hall–Kier alpha value is -4.37. The first kappa shape index (κ1) is 29.6. The van der Waals surface area contributed by atoms with Gasteiger partial charge in [-0.25, -0.2) is 9.78 Å². The molecule has 2 aromatic heterocycles. The van der Waals surface area contributed by atoms with E-state index in [1.165, 1.54) is 0 Å². The molecule has 0 aliphatic heterocycles. The molecule has 0 fully saturated rings. The van der Waals surface area contributed by atoms with Gasteiger partial charge < -0.3 is 26.2 Å². The molecular formula is C32H39N5O4. The largest absolute Gasteiger partial charge is 0.493 e. The lowest BCUT2D eigenvalue weighted by Crippen LogP contribution is -2.30. The highest BCUT2D eigenvalue weighted by molar-refractivity contribution is 6.08. The van der Waals surface area contributed by atoms with E-state index >= 15 is 0 Å². The van der Waals surface area contributed by atoms with Crippen molar-refractivity contribution < 1.29 is 14.6 Å². The van der Waals surface area contributed by atoms with Crippen molar-refractivity contribution in [3.8, 4) is 16.9 Å². The maximum absolute atomic E-state index is 13.9. The number of nitrogen functional groups attached to an aromatic ring is 1. The normalized spacial score (nSPS) is 11.3. The molecule has 0 unspecified atom stereocenters. The summed E-state index contributed by atoms with van der Waals surface area (Å²) < 4.78 is 7.36. The molecule has 0 aliphatic carbocycles. The molecule has 0 atom stereocenters. The fraction of sp³-hybridized carbons (Fsp3) is 0.344. The van der Waals surface area contributed by atoms with Gasteiger partial charge in [0.2, 0.25) is 0 Å². The zero-order valence-electron chi connectivity index (χ0n) is 24.3. The Morgan fingerprint density at radius 1 is 1.02 bits per heavy atom. The number of aromatic nitrogens is 2. The number of rotatable bonds is 10. The van der Waals surface area contributed by atoms with Crippen LogP contribution in [0, 0.1) is 0 Å². The number of aliphatic hydroxyl groups is 1. The number of nitrogens with two attached hydrogens (primary N) is 1. The summed E-state index contributed by atoms with van der Waals surface area (Å²) in [7, 11) is 0. The zero-order chi connectivity index (χ0) is 29.7. The number of carbonyl (C=O) groups is 1. The van der Waals surface area contributed by atoms with E-state index in [0.717, 1.165) is 16.5 Å². The molecule has 41 heavy (non-hydrogen) atoms. The minimum absolute atomic E-state index is 0.0273. The number of aliphatic hydroxyl groups excluding tert-OH is 1. The smallest absolute Gasteiger partial charge is 0.323 e. The van der Waals surface area contributed by atoms with Gasteiger partial charge in [0.1, 0.15) is 17.1 Å². The summed E-state index contributed by atoms with van der Waals surface area (Å²) in [5.41, 5.74) is 10.9. The number of benzene rings is 2. The SMILES string of the molecule is CCn1c(=O)c(NC(=O)Nc2c(C(C)C)cc(N)cc2C(C)C)c(-c2cccc(OCCCO)c2)c2cccnc21. The number of aryl methyl sites for hydroxylation is 1. The molecule has 0 saturated heterocycles. The van der Waals surface area contributed by atoms with Crippen molar-refractivity contribution in [3.05, 3.63) is 76.2 Å². The third kappa shape index (κ3) is 6.36. The number of amides is 2. The molecule has 4 rings (SSSR count). The van der Waals surface area contributed by atoms with Crippen LogP contribution in [0.1, 0.15) is 64.0 Å². The van der Waals surface area contributed by atoms with Crippen molar-refractivity contribution in [2.24, 2.45) is 0 Å². The molecule has 0 bridgehead atoms. The van der Waals surface area contributed by atoms with Gasteiger partial charge in [-0.05, 0) is 71.8 Å². The minimum atomic E-state index is -0.529. The first-order chi connectivity index (χ1) is 19.7. The number of carbonyl (C=O) groups excluding carboxylic acids is 1. The third-order valence-electron chi connectivity index (χ3n) is 6.97. The maximum atomic E-state index is 13.9. The maximum Gasteiger partial charge on any atom is 0.323 e. The monoisotopic (exact) mass is 557 g/mol. The molecule has 2 heterocycles. The van der Waals surface area contributed by atoms with Crippen LogP contribution in [0.15, 0.2) is 59.5 Å². The van der Waals surface area contributed by atoms with Gasteiger partial charge >= 0.3 is 6.03 Å². The highest BCUT2D eigenvalue weighted by Crippen LogP contribution is 2.37. The Bertz CT molecular complexity index is 1580. The first-order valence-corrected chi connectivity index (χ1v) is 14.0. The van der Waals surface area contributed by atoms with Crippen LogP contribution in [0.5, 0.6) is 5.75 Å². The number of urea groups is 1. The van der Waals surface area contributed by atoms with E-state index in [0.29, 0.717) is 53.5 Å². The van der Waals surface area contributed by atoms with E-state index in [4.69, 9.17) is 15.6 Å². The van der Waals surface area contributed by atoms with Gasteiger partial charge in [0, 0.05) is 48.1 Å². The van der Waals surface area contributed by atoms with Crippen molar-refractivity contribution in [2.75, 3.05) is 29.6 Å². The van der Waals surface area contributed by atoms with Crippen LogP contribution >= 0.6 is 0 Å². The quantitative estimate of drug-likeness (QED) is 0.133. The Morgan fingerprint density at radius 3 is 2.34 bits per heavy atom. The summed E-state index contributed by atoms with van der Waals surface area (Å²) in [6.07, 6.45) is 2.15. The Labute approximate surface area is 240 Å². The molecule has 0 spiro atoms. The molecule has 9 nitrogen and oxygen atoms in total. The van der Waals surface area contributed by atoms with Gasteiger partial charge in [-0.2, -0.15) is 0 Å². The Morgan fingerprint density at radius 2 is 1.71 bits per heavy atom. The highest BCUT2D eigenvalue weighted by atomic mass is 16.5. The summed E-state index contributed by atoms with van der Waals surface area (Å²) in [6, 6.07) is 14.3. The first-order valence-electron chi connectivity index (χ1n) is 14.0. The molecule has 4 aromatic rings. The Kier molecular flexibility index (Phi) is 9.29. The standard InChI is InChI=1S/C32H39N5O4/c1-6-37-30-24(12-8-13-34-30)27(21-10-7-11-23(16-21)41-15-9-14-38)29(31(37)39)36-32(40)35-28-25(19(2)3)17-22(33)18-26(28)20(4)5/h7-8,10-13,16-20,38H,6,9,14-15,33H2,1-5H3,(H2,35,36,40). The summed E-state index contributed by atoms with van der Waals surface area (Å²) in [4.78, 5) is 32.1. The third-order valence-corrected chi connectivity index (χ3v) is 6.97. The van der Waals surface area contributed by atoms with E-state index in [2.05, 4.69) is 15.6 Å². The van der Waals surface area contributed by atoms with Crippen molar-refractivity contribution in [1.29, 1.82) is 0 Å². The topological polar surface area (TPSA) is 132 Å². The molecule has 5 N–H and O–H groups in total. The molecule has 0 aliphatic rings. The van der Waals surface area contributed by atoms with Gasteiger partial charge in [0.15, 0.2) is 0 Å². The second-order valence-electron chi connectivity index (χ2n) is 10.6. The number of nitrogens with one attached hydrogen (secondary N) is 2. The van der Waals surface area contributed by atoms with Crippen LogP contribution in [0.3, 0.4) is 0 Å². The number of anilines is 3. The fourth-order valence-corrected chi connectivity index (χ4v) is 5.01. The molecule has 0 radical (unpaired) electrons. The van der Waals surface area contributed by atoms with E-state index < -0.39 is 6.03 Å². The van der Waals surface area contributed by atoms with Crippen molar-refractivity contribution in [2.45, 2.75) is 59.4 Å². The van der Waals surface area contributed by atoms with Crippen LogP contribution in [0.2, 0.25) is 0 Å². The number of hydrogen-bond acceptors (Lipinski definition) is 6. The van der Waals surface area contributed by atoms with Crippen molar-refractivity contribution in [1.82, 2.24) is 9.55 Å². The lowest BCUT2D eigenvalue weighted by Gasteiger charge is -2.22. The van der Waals surface area contributed by atoms with E-state index in [-0.39, 0.29) is 29.7 Å². The molecule has 9 heteroatoms. The molecule has 2 aromatic carbocycles. The number of pyridine rings is 2. The zero-order valence-corrected chi connectivity index (χ0v) is 24.3. The number of fused-ring (bicyclic) bond motifs is 1. The minimum Gasteiger partial charge on any atom is -0.493 e. The molecule has 2 amide bonds. The van der Waals surface area contributed by atoms with E-state index in [1.54, 1.807) is 16.8 Å². The van der Waals surface area contributed by atoms with Crippen LogP contribution in [0.25, 0.3) is 22.2 Å². The van der Waals surface area contributed by atoms with E-state index in [1.807, 2.05) is 77.1 Å². The molecule has 216 valence electrons. The predicted molar refractivity (Wildman–Crippen MR) is 166 cm³/mol. The van der Waals surface area contributed by atoms with Gasteiger partial charge in [-0.15, -0.1) is 0 Å². The van der Waals surface area contributed by atoms with Crippen LogP contribution in [0.4, 0.5) is 21.9 Å². The van der Waals surface area contributed by atoms with Crippen molar-refractivity contribution >= 4 is 34.1 Å². The Balaban J connectivity index is 1.85. The van der Waals surface area contributed by atoms with Crippen LogP contribution < -0.4 is 26.7 Å². The number of hydrogen-bond donors (Lipinski definition) is 4. The summed E-state index contributed by atoms with van der Waals surface area (Å²) >= 11 is 0. The van der Waals surface area contributed by atoms with Crippen LogP contribution in [-0.2, 0) is 6.54 Å². The van der Waals surface area contributed by atoms with Crippen molar-refractivity contribution in [3.63, 3.8) is 0 Å². The molecule has 0 saturated carbocycles. The average molecular weight is 558 g/mol. The second kappa shape index (κ2) is 12.9. The number of nitrogens with zero attached hydrogens (tertiary/aromatic N) is 2. The highest BCUT2D eigenvalue weighted by Gasteiger charge is 2.23. The lowest BCUT2D eigenvalue weighted by atomic mass is 9.92. The number of ether oxygens (including phenoxy) is 1. The average Bonchev–Trinajstić information content (AvgIpc) is 2.94. The van der Waals surface area contributed by atoms with Crippen LogP contribution in [-0.4, -0.2) is 33.9 Å². The second-order valence-corrected chi connectivity index (χ2v) is 10.6. The summed E-state index contributed by atoms with van der Waals surface area (Å²) in [5, 5.41) is 15.8. The predicted octanol–water partition coefficient (Wildman–Crippen LogP) is 6.32. The lowest BCUT2D eigenvalue weighted by molar-refractivity contribution is 0.233. The summed E-state index contributed by atoms with van der Waals surface area (Å²) in [5.74, 6) is 0.812. The van der Waals surface area contributed by atoms with Gasteiger partial charge in [-0.3, -0.25) is 9.36 Å². The fourth-order valence-electron chi connectivity index (χ4n) is 5.01. The van der Waals surface area contributed by atoms with E-state index in [9.17, 15) is 9.59 Å². The van der Waals surface area contributed by atoms with Gasteiger partial charge in [-0.1, -0.05) is 39.8 Å². The molecular weight excluding hydrogens is 518 g/mol. The van der Waals surface area contributed by atoms with Gasteiger partial charge in [0.25, 0.3) is 5.56 Å². The summed E-state index contributed by atoms with van der Waals surface area (Å²) in [6.45, 7) is 10.8.